The number of hydrogen-bond donors (Lipinski definition) is 1. The van der Waals surface area contributed by atoms with Crippen molar-refractivity contribution in [1.82, 2.24) is 9.55 Å². The Bertz CT molecular complexity index is 775. The topological polar surface area (TPSA) is 55.1 Å². The van der Waals surface area contributed by atoms with Crippen LogP contribution < -0.4 is 0 Å². The van der Waals surface area contributed by atoms with E-state index in [4.69, 9.17) is 5.11 Å². The van der Waals surface area contributed by atoms with Gasteiger partial charge in [-0.3, -0.25) is 0 Å². The highest BCUT2D eigenvalue weighted by Crippen LogP contribution is 2.22. The van der Waals surface area contributed by atoms with E-state index in [0.29, 0.717) is 0 Å². The summed E-state index contributed by atoms with van der Waals surface area (Å²) in [6.07, 6.45) is 1.90. The summed E-state index contributed by atoms with van der Waals surface area (Å²) >= 11 is 1.72. The molecule has 0 aliphatic carbocycles. The van der Waals surface area contributed by atoms with Crippen molar-refractivity contribution in [3.63, 3.8) is 0 Å². The monoisotopic (exact) mass is 300 g/mol. The predicted octanol–water partition coefficient (Wildman–Crippen LogP) is 3.80. The molecule has 3 rings (SSSR count). The summed E-state index contributed by atoms with van der Waals surface area (Å²) in [7, 11) is 0. The van der Waals surface area contributed by atoms with Crippen molar-refractivity contribution in [3.05, 3.63) is 52.0 Å². The molecule has 0 radical (unpaired) electrons. The van der Waals surface area contributed by atoms with Gasteiger partial charge >= 0.3 is 5.97 Å². The average molecular weight is 300 g/mol. The van der Waals surface area contributed by atoms with Gasteiger partial charge in [0, 0.05) is 11.3 Å². The zero-order valence-electron chi connectivity index (χ0n) is 11.7. The Kier molecular flexibility index (Phi) is 3.75. The van der Waals surface area contributed by atoms with E-state index < -0.39 is 5.97 Å². The van der Waals surface area contributed by atoms with E-state index in [0.717, 1.165) is 36.2 Å². The third-order valence-electron chi connectivity index (χ3n) is 3.44. The van der Waals surface area contributed by atoms with Gasteiger partial charge in [-0.25, -0.2) is 9.78 Å². The highest BCUT2D eigenvalue weighted by atomic mass is 32.1. The molecule has 1 N–H and O–H groups in total. The molecular weight excluding hydrogens is 284 g/mol. The number of carboxylic acid groups (broad SMARTS) is 1. The minimum Gasteiger partial charge on any atom is -0.478 e. The number of aryl methyl sites for hydroxylation is 1. The Hall–Kier alpha value is -2.14. The first-order valence-electron chi connectivity index (χ1n) is 6.94. The fraction of sp³-hybridized carbons (Fsp3) is 0.250. The molecule has 0 saturated carbocycles. The normalized spacial score (nSPS) is 11.1. The molecule has 3 aromatic rings. The Labute approximate surface area is 126 Å². The molecular formula is C16H16N2O2S. The number of benzene rings is 1. The van der Waals surface area contributed by atoms with Crippen LogP contribution in [0.3, 0.4) is 0 Å². The van der Waals surface area contributed by atoms with Gasteiger partial charge in [0.25, 0.3) is 0 Å². The molecule has 2 aromatic heterocycles. The van der Waals surface area contributed by atoms with Gasteiger partial charge in [-0.05, 0) is 36.1 Å². The van der Waals surface area contributed by atoms with Gasteiger partial charge < -0.3 is 9.67 Å². The summed E-state index contributed by atoms with van der Waals surface area (Å²) in [5.74, 6) is 0.102. The molecule has 0 aliphatic rings. The second-order valence-corrected chi connectivity index (χ2v) is 5.98. The van der Waals surface area contributed by atoms with Crippen molar-refractivity contribution >= 4 is 28.3 Å². The molecule has 21 heavy (non-hydrogen) atoms. The molecule has 0 atom stereocenters. The number of nitrogens with zero attached hydrogens (tertiary/aromatic N) is 2. The van der Waals surface area contributed by atoms with Crippen LogP contribution in [0.5, 0.6) is 0 Å². The maximum absolute atomic E-state index is 11.1. The lowest BCUT2D eigenvalue weighted by Crippen LogP contribution is -2.04. The number of aromatic carboxylic acids is 1. The Morgan fingerprint density at radius 3 is 2.90 bits per heavy atom. The zero-order valence-corrected chi connectivity index (χ0v) is 12.6. The maximum Gasteiger partial charge on any atom is 0.335 e. The number of thiophene rings is 1. The summed E-state index contributed by atoms with van der Waals surface area (Å²) in [4.78, 5) is 17.0. The summed E-state index contributed by atoms with van der Waals surface area (Å²) in [5, 5.41) is 11.2. The molecule has 1 aromatic carbocycles. The molecule has 5 heteroatoms. The standard InChI is InChI=1S/C16H16N2O2S/c1-2-4-15-17-13-9-11(16(19)20)6-7-14(13)18(15)10-12-5-3-8-21-12/h3,5-9H,2,4,10H2,1H3,(H,19,20). The predicted molar refractivity (Wildman–Crippen MR) is 84.1 cm³/mol. The third kappa shape index (κ3) is 2.69. The molecule has 0 unspecified atom stereocenters. The summed E-state index contributed by atoms with van der Waals surface area (Å²) in [6.45, 7) is 2.91. The van der Waals surface area contributed by atoms with Gasteiger partial charge in [-0.15, -0.1) is 11.3 Å². The van der Waals surface area contributed by atoms with Gasteiger partial charge in [-0.1, -0.05) is 13.0 Å². The first-order chi connectivity index (χ1) is 10.2. The quantitative estimate of drug-likeness (QED) is 0.780. The molecule has 0 amide bonds. The van der Waals surface area contributed by atoms with E-state index in [1.54, 1.807) is 23.5 Å². The molecule has 108 valence electrons. The fourth-order valence-electron chi connectivity index (χ4n) is 2.46. The number of imidazole rings is 1. The Morgan fingerprint density at radius 2 is 2.24 bits per heavy atom. The summed E-state index contributed by atoms with van der Waals surface area (Å²) in [5.41, 5.74) is 2.04. The molecule has 0 fully saturated rings. The number of fused-ring (bicyclic) bond motifs is 1. The highest BCUT2D eigenvalue weighted by molar-refractivity contribution is 7.09. The van der Waals surface area contributed by atoms with Crippen LogP contribution in [0.1, 0.15) is 34.4 Å². The molecule has 0 spiro atoms. The van der Waals surface area contributed by atoms with Crippen molar-refractivity contribution in [1.29, 1.82) is 0 Å². The lowest BCUT2D eigenvalue weighted by molar-refractivity contribution is 0.0697. The van der Waals surface area contributed by atoms with E-state index in [9.17, 15) is 4.79 Å². The minimum absolute atomic E-state index is 0.284. The van der Waals surface area contributed by atoms with E-state index in [-0.39, 0.29) is 5.56 Å². The molecule has 0 saturated heterocycles. The number of aromatic nitrogens is 2. The second kappa shape index (κ2) is 5.69. The van der Waals surface area contributed by atoms with E-state index in [2.05, 4.69) is 27.9 Å². The molecule has 4 nitrogen and oxygen atoms in total. The van der Waals surface area contributed by atoms with E-state index >= 15 is 0 Å². The van der Waals surface area contributed by atoms with Gasteiger partial charge in [0.15, 0.2) is 0 Å². The number of carboxylic acids is 1. The van der Waals surface area contributed by atoms with Crippen LogP contribution in [0.25, 0.3) is 11.0 Å². The van der Waals surface area contributed by atoms with Crippen LogP contribution in [-0.2, 0) is 13.0 Å². The van der Waals surface area contributed by atoms with Crippen LogP contribution in [0.15, 0.2) is 35.7 Å². The zero-order chi connectivity index (χ0) is 14.8. The van der Waals surface area contributed by atoms with Crippen molar-refractivity contribution in [2.75, 3.05) is 0 Å². The summed E-state index contributed by atoms with van der Waals surface area (Å²) < 4.78 is 2.19. The number of carbonyl (C=O) groups is 1. The van der Waals surface area contributed by atoms with E-state index in [1.165, 1.54) is 4.88 Å². The maximum atomic E-state index is 11.1. The number of rotatable bonds is 5. The van der Waals surface area contributed by atoms with Crippen LogP contribution in [0.4, 0.5) is 0 Å². The van der Waals surface area contributed by atoms with Gasteiger partial charge in [-0.2, -0.15) is 0 Å². The van der Waals surface area contributed by atoms with Crippen molar-refractivity contribution < 1.29 is 9.90 Å². The van der Waals surface area contributed by atoms with Crippen LogP contribution >= 0.6 is 11.3 Å². The van der Waals surface area contributed by atoms with Crippen molar-refractivity contribution in [2.24, 2.45) is 0 Å². The minimum atomic E-state index is -0.915. The van der Waals surface area contributed by atoms with E-state index in [1.807, 2.05) is 12.1 Å². The molecule has 0 bridgehead atoms. The summed E-state index contributed by atoms with van der Waals surface area (Å²) in [6, 6.07) is 9.31. The first kappa shape index (κ1) is 13.8. The molecule has 2 heterocycles. The van der Waals surface area contributed by atoms with Crippen LogP contribution in [-0.4, -0.2) is 20.6 Å². The van der Waals surface area contributed by atoms with Gasteiger partial charge in [0.2, 0.25) is 0 Å². The van der Waals surface area contributed by atoms with Gasteiger partial charge in [0.1, 0.15) is 5.82 Å². The van der Waals surface area contributed by atoms with Crippen LogP contribution in [0, 0.1) is 0 Å². The Balaban J connectivity index is 2.10. The largest absolute Gasteiger partial charge is 0.478 e. The van der Waals surface area contributed by atoms with Crippen LogP contribution in [0.2, 0.25) is 0 Å². The second-order valence-electron chi connectivity index (χ2n) is 4.95. The van der Waals surface area contributed by atoms with Crippen molar-refractivity contribution in [3.8, 4) is 0 Å². The smallest absolute Gasteiger partial charge is 0.335 e. The van der Waals surface area contributed by atoms with Gasteiger partial charge in [0.05, 0.1) is 23.1 Å². The first-order valence-corrected chi connectivity index (χ1v) is 7.82. The molecule has 0 aliphatic heterocycles. The van der Waals surface area contributed by atoms with Crippen molar-refractivity contribution in [2.45, 2.75) is 26.3 Å². The third-order valence-corrected chi connectivity index (χ3v) is 4.30. The average Bonchev–Trinajstić information content (AvgIpc) is 3.08. The lowest BCUT2D eigenvalue weighted by Gasteiger charge is -2.07. The Morgan fingerprint density at radius 1 is 1.38 bits per heavy atom. The lowest BCUT2D eigenvalue weighted by atomic mass is 10.2. The SMILES string of the molecule is CCCc1nc2cc(C(=O)O)ccc2n1Cc1cccs1. The highest BCUT2D eigenvalue weighted by Gasteiger charge is 2.13. The number of hydrogen-bond acceptors (Lipinski definition) is 3. The fourth-order valence-corrected chi connectivity index (χ4v) is 3.15.